The number of hydrogen-bond donors (Lipinski definition) is 4. The molecule has 128 valence electrons. The SMILES string of the molecule is CCCC(O)C(CO)NC(=O)Nc1ccc(OC)c([N+](=O)[O-])c1. The Balaban J connectivity index is 2.77. The molecule has 0 spiro atoms. The molecule has 0 saturated heterocycles. The van der Waals surface area contributed by atoms with Crippen molar-refractivity contribution in [2.24, 2.45) is 0 Å². The van der Waals surface area contributed by atoms with E-state index in [9.17, 15) is 25.1 Å². The summed E-state index contributed by atoms with van der Waals surface area (Å²) in [7, 11) is 1.31. The van der Waals surface area contributed by atoms with Crippen molar-refractivity contribution in [3.8, 4) is 5.75 Å². The lowest BCUT2D eigenvalue weighted by molar-refractivity contribution is -0.385. The minimum Gasteiger partial charge on any atom is -0.490 e. The highest BCUT2D eigenvalue weighted by atomic mass is 16.6. The van der Waals surface area contributed by atoms with Gasteiger partial charge in [-0.1, -0.05) is 13.3 Å². The number of rotatable bonds is 8. The lowest BCUT2D eigenvalue weighted by Gasteiger charge is -2.22. The van der Waals surface area contributed by atoms with Crippen molar-refractivity contribution in [3.05, 3.63) is 28.3 Å². The van der Waals surface area contributed by atoms with Crippen LogP contribution in [0.5, 0.6) is 5.75 Å². The number of nitrogens with one attached hydrogen (secondary N) is 2. The average Bonchev–Trinajstić information content (AvgIpc) is 2.52. The molecule has 0 fully saturated rings. The van der Waals surface area contributed by atoms with Gasteiger partial charge in [0.15, 0.2) is 5.75 Å². The number of nitrogens with zero attached hydrogens (tertiary/aromatic N) is 1. The summed E-state index contributed by atoms with van der Waals surface area (Å²) < 4.78 is 4.87. The van der Waals surface area contributed by atoms with Gasteiger partial charge in [0.05, 0.1) is 30.8 Å². The summed E-state index contributed by atoms with van der Waals surface area (Å²) in [5.41, 5.74) is -0.0910. The smallest absolute Gasteiger partial charge is 0.319 e. The lowest BCUT2D eigenvalue weighted by atomic mass is 10.1. The van der Waals surface area contributed by atoms with Crippen LogP contribution in [0.4, 0.5) is 16.2 Å². The van der Waals surface area contributed by atoms with E-state index in [0.717, 1.165) is 6.07 Å². The normalized spacial score (nSPS) is 13.0. The van der Waals surface area contributed by atoms with Gasteiger partial charge in [0, 0.05) is 11.8 Å². The van der Waals surface area contributed by atoms with Gasteiger partial charge < -0.3 is 25.6 Å². The van der Waals surface area contributed by atoms with E-state index in [1.807, 2.05) is 6.92 Å². The number of nitro groups is 1. The number of aliphatic hydroxyl groups is 2. The molecular weight excluding hydrogens is 306 g/mol. The van der Waals surface area contributed by atoms with Crippen LogP contribution in [0.1, 0.15) is 19.8 Å². The molecule has 1 aromatic rings. The molecule has 9 nitrogen and oxygen atoms in total. The Morgan fingerprint density at radius 1 is 1.48 bits per heavy atom. The Morgan fingerprint density at radius 2 is 2.17 bits per heavy atom. The molecule has 4 N–H and O–H groups in total. The van der Waals surface area contributed by atoms with Crippen molar-refractivity contribution in [2.45, 2.75) is 31.9 Å². The van der Waals surface area contributed by atoms with Gasteiger partial charge in [-0.2, -0.15) is 0 Å². The summed E-state index contributed by atoms with van der Waals surface area (Å²) in [5, 5.41) is 34.8. The molecular formula is C14H21N3O6. The standard InChI is InChI=1S/C14H21N3O6/c1-3-4-12(19)10(8-18)16-14(20)15-9-5-6-13(23-2)11(7-9)17(21)22/h5-7,10,12,18-19H,3-4,8H2,1-2H3,(H2,15,16,20). The molecule has 0 saturated carbocycles. The third-order valence-corrected chi connectivity index (χ3v) is 3.20. The zero-order chi connectivity index (χ0) is 17.4. The second-order valence-electron chi connectivity index (χ2n) is 4.89. The van der Waals surface area contributed by atoms with Crippen molar-refractivity contribution < 1.29 is 24.7 Å². The van der Waals surface area contributed by atoms with Crippen LogP contribution < -0.4 is 15.4 Å². The van der Waals surface area contributed by atoms with E-state index in [1.54, 1.807) is 0 Å². The van der Waals surface area contributed by atoms with E-state index in [1.165, 1.54) is 19.2 Å². The summed E-state index contributed by atoms with van der Waals surface area (Å²) >= 11 is 0. The van der Waals surface area contributed by atoms with E-state index >= 15 is 0 Å². The molecule has 0 bridgehead atoms. The molecule has 23 heavy (non-hydrogen) atoms. The molecule has 0 aliphatic carbocycles. The first-order valence-corrected chi connectivity index (χ1v) is 7.11. The predicted molar refractivity (Wildman–Crippen MR) is 83.6 cm³/mol. The van der Waals surface area contributed by atoms with Gasteiger partial charge in [-0.05, 0) is 18.6 Å². The van der Waals surface area contributed by atoms with Crippen LogP contribution in [0, 0.1) is 10.1 Å². The number of anilines is 1. The molecule has 0 radical (unpaired) electrons. The fourth-order valence-electron chi connectivity index (χ4n) is 2.01. The molecule has 2 amide bonds. The Hall–Kier alpha value is -2.39. The van der Waals surface area contributed by atoms with Crippen molar-refractivity contribution in [1.29, 1.82) is 0 Å². The minimum atomic E-state index is -0.874. The number of hydrogen-bond acceptors (Lipinski definition) is 6. The largest absolute Gasteiger partial charge is 0.490 e. The summed E-state index contributed by atoms with van der Waals surface area (Å²) in [6, 6.07) is 2.47. The molecule has 2 atom stereocenters. The fraction of sp³-hybridized carbons (Fsp3) is 0.500. The number of urea groups is 1. The second-order valence-corrected chi connectivity index (χ2v) is 4.89. The molecule has 0 aromatic heterocycles. The molecule has 9 heteroatoms. The van der Waals surface area contributed by atoms with Gasteiger partial charge in [0.25, 0.3) is 0 Å². The second kappa shape index (κ2) is 8.91. The number of carbonyl (C=O) groups is 1. The van der Waals surface area contributed by atoms with Crippen LogP contribution in [0.15, 0.2) is 18.2 Å². The first-order chi connectivity index (χ1) is 10.9. The van der Waals surface area contributed by atoms with Gasteiger partial charge in [-0.3, -0.25) is 10.1 Å². The molecule has 0 heterocycles. The quantitative estimate of drug-likeness (QED) is 0.419. The first-order valence-electron chi connectivity index (χ1n) is 7.11. The fourth-order valence-corrected chi connectivity index (χ4v) is 2.01. The molecule has 0 aliphatic heterocycles. The monoisotopic (exact) mass is 327 g/mol. The minimum absolute atomic E-state index is 0.0764. The van der Waals surface area contributed by atoms with Gasteiger partial charge in [0.2, 0.25) is 0 Å². The maximum absolute atomic E-state index is 11.9. The van der Waals surface area contributed by atoms with E-state index in [0.29, 0.717) is 12.8 Å². The lowest BCUT2D eigenvalue weighted by Crippen LogP contribution is -2.47. The molecule has 2 unspecified atom stereocenters. The number of carbonyl (C=O) groups excluding carboxylic acids is 1. The maximum atomic E-state index is 11.9. The Bertz CT molecular complexity index is 551. The van der Waals surface area contributed by atoms with Gasteiger partial charge in [-0.15, -0.1) is 0 Å². The third-order valence-electron chi connectivity index (χ3n) is 3.20. The Morgan fingerprint density at radius 3 is 2.70 bits per heavy atom. The van der Waals surface area contributed by atoms with E-state index < -0.39 is 29.7 Å². The summed E-state index contributed by atoms with van der Waals surface area (Å²) in [6.45, 7) is 1.45. The van der Waals surface area contributed by atoms with E-state index in [2.05, 4.69) is 10.6 Å². The number of ether oxygens (including phenoxy) is 1. The zero-order valence-corrected chi connectivity index (χ0v) is 13.0. The van der Waals surface area contributed by atoms with Crippen LogP contribution >= 0.6 is 0 Å². The van der Waals surface area contributed by atoms with E-state index in [-0.39, 0.29) is 17.1 Å². The van der Waals surface area contributed by atoms with Gasteiger partial charge in [-0.25, -0.2) is 4.79 Å². The van der Waals surface area contributed by atoms with Crippen molar-refractivity contribution in [2.75, 3.05) is 19.0 Å². The Labute approximate surface area is 133 Å². The molecule has 0 aliphatic rings. The van der Waals surface area contributed by atoms with Crippen molar-refractivity contribution >= 4 is 17.4 Å². The summed E-state index contributed by atoms with van der Waals surface area (Å²) in [4.78, 5) is 22.2. The number of aliphatic hydroxyl groups excluding tert-OH is 2. The van der Waals surface area contributed by atoms with Gasteiger partial charge in [0.1, 0.15) is 0 Å². The molecule has 1 rings (SSSR count). The van der Waals surface area contributed by atoms with Crippen LogP contribution in [0.3, 0.4) is 0 Å². The van der Waals surface area contributed by atoms with Crippen molar-refractivity contribution in [3.63, 3.8) is 0 Å². The number of nitro benzene ring substituents is 1. The Kier molecular flexibility index (Phi) is 7.23. The first kappa shape index (κ1) is 18.7. The number of benzene rings is 1. The van der Waals surface area contributed by atoms with Crippen LogP contribution in [0.2, 0.25) is 0 Å². The van der Waals surface area contributed by atoms with Crippen LogP contribution in [0.25, 0.3) is 0 Å². The maximum Gasteiger partial charge on any atom is 0.319 e. The summed E-state index contributed by atoms with van der Waals surface area (Å²) in [6.07, 6.45) is 0.256. The summed E-state index contributed by atoms with van der Waals surface area (Å²) in [5.74, 6) is 0.0764. The van der Waals surface area contributed by atoms with Crippen molar-refractivity contribution in [1.82, 2.24) is 5.32 Å². The number of amides is 2. The van der Waals surface area contributed by atoms with Crippen LogP contribution in [-0.2, 0) is 0 Å². The van der Waals surface area contributed by atoms with Gasteiger partial charge >= 0.3 is 11.7 Å². The van der Waals surface area contributed by atoms with Crippen LogP contribution in [-0.4, -0.2) is 47.0 Å². The number of methoxy groups -OCH3 is 1. The topological polar surface area (TPSA) is 134 Å². The van der Waals surface area contributed by atoms with E-state index in [4.69, 9.17) is 4.74 Å². The molecule has 1 aromatic carbocycles. The zero-order valence-electron chi connectivity index (χ0n) is 13.0. The highest BCUT2D eigenvalue weighted by Gasteiger charge is 2.21. The third kappa shape index (κ3) is 5.38. The highest BCUT2D eigenvalue weighted by molar-refractivity contribution is 5.90. The average molecular weight is 327 g/mol. The predicted octanol–water partition coefficient (Wildman–Crippen LogP) is 1.25. The highest BCUT2D eigenvalue weighted by Crippen LogP contribution is 2.29.